The van der Waals surface area contributed by atoms with Crippen LogP contribution in [0, 0.1) is 5.82 Å². The number of likely N-dealkylation sites (tertiary alicyclic amines) is 1. The number of aromatic nitrogens is 2. The average Bonchev–Trinajstić information content (AvgIpc) is 3.32. The summed E-state index contributed by atoms with van der Waals surface area (Å²) in [7, 11) is 2.02. The summed E-state index contributed by atoms with van der Waals surface area (Å²) in [6.45, 7) is 1.62. The van der Waals surface area contributed by atoms with Gasteiger partial charge in [-0.2, -0.15) is 0 Å². The third kappa shape index (κ3) is 5.33. The Balaban J connectivity index is 1.60. The van der Waals surface area contributed by atoms with E-state index in [9.17, 15) is 18.8 Å². The molecule has 2 heterocycles. The van der Waals surface area contributed by atoms with Gasteiger partial charge in [-0.05, 0) is 75.4 Å². The number of rotatable bonds is 6. The Morgan fingerprint density at radius 3 is 2.49 bits per heavy atom. The lowest BCUT2D eigenvalue weighted by atomic mass is 10.0. The molecule has 1 aliphatic heterocycles. The van der Waals surface area contributed by atoms with Crippen LogP contribution in [-0.2, 0) is 0 Å². The standard InChI is InChI=1S/C24H24ClFN6O3/c1-31-10-8-17(9-11-31)32(24(35)21-20(22(27)33)28-13-29-21)16-5-3-15(4-6-16)30-23(34)18-7-2-14(26)12-19(18)25/h2-7,12-13,17H,8-11H2,1H3,(H2,27,33)(H,28,29)(H,30,34). The van der Waals surface area contributed by atoms with Crippen LogP contribution in [0.3, 0.4) is 0 Å². The summed E-state index contributed by atoms with van der Waals surface area (Å²) in [6, 6.07) is 10.1. The van der Waals surface area contributed by atoms with Gasteiger partial charge in [0.25, 0.3) is 17.7 Å². The number of nitrogens with two attached hydrogens (primary N) is 1. The molecule has 1 fully saturated rings. The van der Waals surface area contributed by atoms with E-state index in [0.717, 1.165) is 38.1 Å². The molecule has 1 aromatic heterocycles. The van der Waals surface area contributed by atoms with Crippen LogP contribution in [0.25, 0.3) is 0 Å². The number of amides is 3. The second-order valence-electron chi connectivity index (χ2n) is 8.33. The fourth-order valence-electron chi connectivity index (χ4n) is 4.08. The molecular formula is C24H24ClFN6O3. The van der Waals surface area contributed by atoms with Gasteiger partial charge in [0, 0.05) is 17.4 Å². The number of hydrogen-bond donors (Lipinski definition) is 3. The first-order valence-corrected chi connectivity index (χ1v) is 11.3. The average molecular weight is 499 g/mol. The topological polar surface area (TPSA) is 124 Å². The van der Waals surface area contributed by atoms with Gasteiger partial charge in [-0.3, -0.25) is 14.4 Å². The summed E-state index contributed by atoms with van der Waals surface area (Å²) in [5.41, 5.74) is 6.50. The van der Waals surface area contributed by atoms with E-state index in [1.165, 1.54) is 12.4 Å². The van der Waals surface area contributed by atoms with Crippen LogP contribution in [0.5, 0.6) is 0 Å². The van der Waals surface area contributed by atoms with Gasteiger partial charge in [-0.15, -0.1) is 0 Å². The number of benzene rings is 2. The molecule has 2 aromatic carbocycles. The third-order valence-electron chi connectivity index (χ3n) is 5.94. The van der Waals surface area contributed by atoms with E-state index in [1.54, 1.807) is 29.2 Å². The molecule has 4 rings (SSSR count). The van der Waals surface area contributed by atoms with Crippen LogP contribution in [0.2, 0.25) is 5.02 Å². The van der Waals surface area contributed by atoms with Gasteiger partial charge < -0.3 is 25.8 Å². The molecule has 0 saturated carbocycles. The molecule has 1 saturated heterocycles. The molecule has 4 N–H and O–H groups in total. The van der Waals surface area contributed by atoms with E-state index in [0.29, 0.717) is 11.4 Å². The highest BCUT2D eigenvalue weighted by molar-refractivity contribution is 6.34. The second-order valence-corrected chi connectivity index (χ2v) is 8.73. The highest BCUT2D eigenvalue weighted by Crippen LogP contribution is 2.28. The van der Waals surface area contributed by atoms with Crippen molar-refractivity contribution < 1.29 is 18.8 Å². The molecule has 0 radical (unpaired) electrons. The minimum Gasteiger partial charge on any atom is -0.364 e. The fourth-order valence-corrected chi connectivity index (χ4v) is 4.34. The zero-order valence-corrected chi connectivity index (χ0v) is 19.7. The predicted molar refractivity (Wildman–Crippen MR) is 130 cm³/mol. The predicted octanol–water partition coefficient (Wildman–Crippen LogP) is 3.29. The highest BCUT2D eigenvalue weighted by Gasteiger charge is 2.32. The number of anilines is 2. The van der Waals surface area contributed by atoms with E-state index in [1.807, 2.05) is 7.05 Å². The Kier molecular flexibility index (Phi) is 7.13. The molecular weight excluding hydrogens is 475 g/mol. The Bertz CT molecular complexity index is 1250. The number of nitrogens with zero attached hydrogens (tertiary/aromatic N) is 3. The minimum absolute atomic E-state index is 0.00224. The molecule has 9 nitrogen and oxygen atoms in total. The van der Waals surface area contributed by atoms with Crippen LogP contribution >= 0.6 is 11.6 Å². The van der Waals surface area contributed by atoms with Gasteiger partial charge in [-0.1, -0.05) is 11.6 Å². The smallest absolute Gasteiger partial charge is 0.279 e. The third-order valence-corrected chi connectivity index (χ3v) is 6.25. The number of halogens is 2. The van der Waals surface area contributed by atoms with Crippen LogP contribution in [0.15, 0.2) is 48.8 Å². The highest BCUT2D eigenvalue weighted by atomic mass is 35.5. The molecule has 0 unspecified atom stereocenters. The van der Waals surface area contributed by atoms with Crippen LogP contribution in [0.4, 0.5) is 15.8 Å². The quantitative estimate of drug-likeness (QED) is 0.481. The van der Waals surface area contributed by atoms with Crippen molar-refractivity contribution in [3.8, 4) is 0 Å². The molecule has 1 aliphatic rings. The molecule has 0 spiro atoms. The first-order valence-electron chi connectivity index (χ1n) is 11.0. The number of nitrogens with one attached hydrogen (secondary N) is 2. The van der Waals surface area contributed by atoms with Crippen molar-refractivity contribution in [2.45, 2.75) is 18.9 Å². The molecule has 11 heteroatoms. The van der Waals surface area contributed by atoms with Gasteiger partial charge in [0.2, 0.25) is 0 Å². The van der Waals surface area contributed by atoms with Crippen molar-refractivity contribution >= 4 is 40.7 Å². The summed E-state index contributed by atoms with van der Waals surface area (Å²) in [6.07, 6.45) is 2.74. The monoisotopic (exact) mass is 498 g/mol. The van der Waals surface area contributed by atoms with E-state index >= 15 is 0 Å². The normalized spacial score (nSPS) is 14.5. The summed E-state index contributed by atoms with van der Waals surface area (Å²) in [5, 5.41) is 2.72. The van der Waals surface area contributed by atoms with Gasteiger partial charge in [0.05, 0.1) is 16.9 Å². The van der Waals surface area contributed by atoms with Crippen molar-refractivity contribution in [1.82, 2.24) is 14.9 Å². The zero-order chi connectivity index (χ0) is 25.1. The molecule has 182 valence electrons. The molecule has 0 aliphatic carbocycles. The Morgan fingerprint density at radius 2 is 1.86 bits per heavy atom. The first kappa shape index (κ1) is 24.4. The maximum absolute atomic E-state index is 13.5. The van der Waals surface area contributed by atoms with Gasteiger partial charge in [0.1, 0.15) is 11.5 Å². The van der Waals surface area contributed by atoms with Crippen LogP contribution < -0.4 is 16.0 Å². The lowest BCUT2D eigenvalue weighted by molar-refractivity contribution is 0.0939. The number of carbonyl (C=O) groups is 3. The van der Waals surface area contributed by atoms with Crippen molar-refractivity contribution in [1.29, 1.82) is 0 Å². The van der Waals surface area contributed by atoms with Crippen LogP contribution in [0.1, 0.15) is 44.2 Å². The Labute approximate surface area is 206 Å². The number of piperidine rings is 1. The molecule has 35 heavy (non-hydrogen) atoms. The molecule has 3 amide bonds. The number of imidazole rings is 1. The van der Waals surface area contributed by atoms with E-state index in [-0.39, 0.29) is 28.0 Å². The van der Waals surface area contributed by atoms with E-state index < -0.39 is 23.5 Å². The minimum atomic E-state index is -0.772. The second kappa shape index (κ2) is 10.2. The summed E-state index contributed by atoms with van der Waals surface area (Å²) in [5.74, 6) is -2.24. The first-order chi connectivity index (χ1) is 16.7. The number of hydrogen-bond acceptors (Lipinski definition) is 5. The Morgan fingerprint density at radius 1 is 1.17 bits per heavy atom. The maximum Gasteiger partial charge on any atom is 0.279 e. The lowest BCUT2D eigenvalue weighted by Gasteiger charge is -2.37. The molecule has 0 bridgehead atoms. The zero-order valence-electron chi connectivity index (χ0n) is 18.9. The van der Waals surface area contributed by atoms with Crippen LogP contribution in [-0.4, -0.2) is 58.8 Å². The SMILES string of the molecule is CN1CCC(N(C(=O)c2nc[nH]c2C(N)=O)c2ccc(NC(=O)c3ccc(F)cc3Cl)cc2)CC1. The number of aromatic amines is 1. The van der Waals surface area contributed by atoms with Gasteiger partial charge in [-0.25, -0.2) is 9.37 Å². The fraction of sp³-hybridized carbons (Fsp3) is 0.250. The van der Waals surface area contributed by atoms with Crippen molar-refractivity contribution in [2.24, 2.45) is 5.73 Å². The van der Waals surface area contributed by atoms with E-state index in [2.05, 4.69) is 20.2 Å². The largest absolute Gasteiger partial charge is 0.364 e. The maximum atomic E-state index is 13.5. The van der Waals surface area contributed by atoms with E-state index in [4.69, 9.17) is 17.3 Å². The number of primary amides is 1. The van der Waals surface area contributed by atoms with Crippen molar-refractivity contribution in [2.75, 3.05) is 30.4 Å². The molecule has 3 aromatic rings. The number of H-pyrrole nitrogens is 1. The van der Waals surface area contributed by atoms with Crippen molar-refractivity contribution in [3.05, 3.63) is 76.6 Å². The lowest BCUT2D eigenvalue weighted by Crippen LogP contribution is -2.47. The summed E-state index contributed by atoms with van der Waals surface area (Å²) >= 11 is 5.98. The van der Waals surface area contributed by atoms with Gasteiger partial charge >= 0.3 is 0 Å². The van der Waals surface area contributed by atoms with Gasteiger partial charge in [0.15, 0.2) is 5.69 Å². The molecule has 0 atom stereocenters. The Hall–Kier alpha value is -3.76. The van der Waals surface area contributed by atoms with Crippen molar-refractivity contribution in [3.63, 3.8) is 0 Å². The number of carbonyl (C=O) groups excluding carboxylic acids is 3. The summed E-state index contributed by atoms with van der Waals surface area (Å²) < 4.78 is 13.3. The summed E-state index contributed by atoms with van der Waals surface area (Å²) in [4.78, 5) is 48.4.